The van der Waals surface area contributed by atoms with Crippen LogP contribution >= 0.6 is 22.6 Å². The van der Waals surface area contributed by atoms with E-state index in [-0.39, 0.29) is 17.3 Å². The molecule has 3 aromatic carbocycles. The number of alkyl halides is 12. The second-order valence-corrected chi connectivity index (χ2v) is 9.77. The number of amides is 2. The van der Waals surface area contributed by atoms with E-state index in [9.17, 15) is 66.7 Å². The van der Waals surface area contributed by atoms with Crippen molar-refractivity contribution in [3.8, 4) is 0 Å². The lowest BCUT2D eigenvalue weighted by atomic mass is 9.86. The number of carbonyl (C=O) groups excluding carboxylic acids is 2. The van der Waals surface area contributed by atoms with E-state index in [0.29, 0.717) is 0 Å². The second-order valence-electron chi connectivity index (χ2n) is 8.61. The Morgan fingerprint density at radius 2 is 1.19 bits per heavy atom. The maximum atomic E-state index is 14.9. The predicted molar refractivity (Wildman–Crippen MR) is 133 cm³/mol. The molecule has 3 rings (SSSR count). The molecule has 0 heterocycles. The molecule has 3 aromatic rings. The number of benzene rings is 3. The summed E-state index contributed by atoms with van der Waals surface area (Å²) >= 11 is 0.791. The van der Waals surface area contributed by atoms with Gasteiger partial charge in [-0.05, 0) is 71.1 Å². The summed E-state index contributed by atoms with van der Waals surface area (Å²) in [7, 11) is 0. The number of hydrogen-bond donors (Lipinski definition) is 2. The Labute approximate surface area is 245 Å². The van der Waals surface area contributed by atoms with Crippen molar-refractivity contribution in [1.82, 2.24) is 0 Å². The third-order valence-electron chi connectivity index (χ3n) is 5.68. The average Bonchev–Trinajstić information content (AvgIpc) is 2.87. The summed E-state index contributed by atoms with van der Waals surface area (Å²) in [6.45, 7) is 0. The van der Waals surface area contributed by atoms with Crippen molar-refractivity contribution in [2.24, 2.45) is 0 Å². The van der Waals surface area contributed by atoms with Crippen LogP contribution in [0.15, 0.2) is 60.7 Å². The first-order chi connectivity index (χ1) is 19.5. The van der Waals surface area contributed by atoms with Gasteiger partial charge in [0, 0.05) is 25.9 Å². The molecule has 0 saturated carbocycles. The lowest BCUT2D eigenvalue weighted by Crippen LogP contribution is -2.59. The van der Waals surface area contributed by atoms with E-state index in [1.54, 1.807) is 5.32 Å². The Hall–Kier alpha value is -3.58. The number of anilines is 2. The summed E-state index contributed by atoms with van der Waals surface area (Å²) in [6, 6.07) is 7.38. The van der Waals surface area contributed by atoms with Crippen LogP contribution in [0, 0.1) is 9.39 Å². The van der Waals surface area contributed by atoms with Crippen LogP contribution in [-0.4, -0.2) is 30.1 Å². The van der Waals surface area contributed by atoms with E-state index in [1.807, 2.05) is 0 Å². The fraction of sp³-hybridized carbons (Fsp3) is 0.200. The maximum absolute atomic E-state index is 14.9. The molecule has 0 fully saturated rings. The molecule has 0 bridgehead atoms. The molecule has 1 atom stereocenters. The average molecular weight is 746 g/mol. The molecular formula is C25H12F13IN2O2. The summed E-state index contributed by atoms with van der Waals surface area (Å²) < 4.78 is 175. The number of halogens is 14. The van der Waals surface area contributed by atoms with Crippen LogP contribution in [-0.2, 0) is 11.8 Å². The van der Waals surface area contributed by atoms with Gasteiger partial charge in [-0.3, -0.25) is 9.59 Å². The number of rotatable bonds is 6. The van der Waals surface area contributed by atoms with Gasteiger partial charge in [0.1, 0.15) is 5.82 Å². The van der Waals surface area contributed by atoms with Crippen LogP contribution in [0.3, 0.4) is 0 Å². The highest BCUT2D eigenvalue weighted by molar-refractivity contribution is 14.1. The largest absolute Gasteiger partial charge is 0.457 e. The van der Waals surface area contributed by atoms with Gasteiger partial charge in [-0.2, -0.15) is 48.3 Å². The van der Waals surface area contributed by atoms with Crippen molar-refractivity contribution in [1.29, 1.82) is 0 Å². The zero-order chi connectivity index (χ0) is 32.8. The number of hydrogen-bond acceptors (Lipinski definition) is 2. The zero-order valence-corrected chi connectivity index (χ0v) is 22.5. The molecule has 0 aliphatic carbocycles. The SMILES string of the molecule is O=C(Nc1cccc(C(=O)Nc2c(I)cc(C(F)(C(F)(F)F)C(F)(F)C(F)(F)F)cc2C(F)(F)F)c1)c1cccc(F)c1. The summed E-state index contributed by atoms with van der Waals surface area (Å²) in [5, 5.41) is 3.94. The van der Waals surface area contributed by atoms with Gasteiger partial charge in [-0.25, -0.2) is 8.78 Å². The highest BCUT2D eigenvalue weighted by Crippen LogP contribution is 2.59. The van der Waals surface area contributed by atoms with Crippen LogP contribution < -0.4 is 10.6 Å². The smallest absolute Gasteiger partial charge is 0.322 e. The molecule has 232 valence electrons. The summed E-state index contributed by atoms with van der Waals surface area (Å²) in [5.41, 5.74) is -13.9. The number of nitrogens with one attached hydrogen (secondary N) is 2. The Kier molecular flexibility index (Phi) is 9.06. The minimum Gasteiger partial charge on any atom is -0.322 e. The summed E-state index contributed by atoms with van der Waals surface area (Å²) in [6.07, 6.45) is -20.0. The van der Waals surface area contributed by atoms with Crippen molar-refractivity contribution in [2.45, 2.75) is 30.1 Å². The first kappa shape index (κ1) is 33.9. The van der Waals surface area contributed by atoms with E-state index >= 15 is 0 Å². The topological polar surface area (TPSA) is 58.2 Å². The maximum Gasteiger partial charge on any atom is 0.457 e. The Balaban J connectivity index is 2.05. The van der Waals surface area contributed by atoms with Gasteiger partial charge in [0.15, 0.2) is 0 Å². The third-order valence-corrected chi connectivity index (χ3v) is 6.53. The molecule has 18 heteroatoms. The van der Waals surface area contributed by atoms with Gasteiger partial charge in [-0.1, -0.05) is 12.1 Å². The lowest BCUT2D eigenvalue weighted by molar-refractivity contribution is -0.389. The highest BCUT2D eigenvalue weighted by atomic mass is 127. The first-order valence-corrected chi connectivity index (χ1v) is 12.2. The summed E-state index contributed by atoms with van der Waals surface area (Å²) in [5.74, 6) is -10.3. The van der Waals surface area contributed by atoms with Gasteiger partial charge in [-0.15, -0.1) is 0 Å². The van der Waals surface area contributed by atoms with E-state index < -0.39 is 79.8 Å². The van der Waals surface area contributed by atoms with E-state index in [4.69, 9.17) is 0 Å². The molecule has 0 radical (unpaired) electrons. The predicted octanol–water partition coefficient (Wildman–Crippen LogP) is 8.88. The third kappa shape index (κ3) is 6.67. The molecule has 4 nitrogen and oxygen atoms in total. The Morgan fingerprint density at radius 1 is 0.651 bits per heavy atom. The summed E-state index contributed by atoms with van der Waals surface area (Å²) in [4.78, 5) is 25.1. The molecule has 0 aliphatic rings. The van der Waals surface area contributed by atoms with Crippen molar-refractivity contribution in [3.05, 3.63) is 92.3 Å². The van der Waals surface area contributed by atoms with E-state index in [1.165, 1.54) is 18.2 Å². The van der Waals surface area contributed by atoms with Gasteiger partial charge >= 0.3 is 30.1 Å². The second kappa shape index (κ2) is 11.5. The van der Waals surface area contributed by atoms with Crippen LogP contribution in [0.5, 0.6) is 0 Å². The number of carbonyl (C=O) groups is 2. The molecule has 2 amide bonds. The Bertz CT molecular complexity index is 1550. The van der Waals surface area contributed by atoms with Crippen molar-refractivity contribution >= 4 is 45.8 Å². The molecular weight excluding hydrogens is 734 g/mol. The lowest BCUT2D eigenvalue weighted by Gasteiger charge is -2.36. The zero-order valence-electron chi connectivity index (χ0n) is 20.4. The molecule has 0 aliphatic heterocycles. The van der Waals surface area contributed by atoms with Crippen LogP contribution in [0.4, 0.5) is 68.5 Å². The van der Waals surface area contributed by atoms with Crippen LogP contribution in [0.1, 0.15) is 31.8 Å². The highest BCUT2D eigenvalue weighted by Gasteiger charge is 2.82. The van der Waals surface area contributed by atoms with Gasteiger partial charge in [0.05, 0.1) is 11.3 Å². The fourth-order valence-corrected chi connectivity index (χ4v) is 4.39. The molecule has 2 N–H and O–H groups in total. The monoisotopic (exact) mass is 746 g/mol. The molecule has 0 saturated heterocycles. The van der Waals surface area contributed by atoms with E-state index in [2.05, 4.69) is 5.32 Å². The Morgan fingerprint density at radius 3 is 1.70 bits per heavy atom. The molecule has 43 heavy (non-hydrogen) atoms. The first-order valence-electron chi connectivity index (χ1n) is 11.1. The molecule has 1 unspecified atom stereocenters. The van der Waals surface area contributed by atoms with Crippen molar-refractivity contribution in [3.63, 3.8) is 0 Å². The fourth-order valence-electron chi connectivity index (χ4n) is 3.63. The van der Waals surface area contributed by atoms with Gasteiger partial charge in [0.25, 0.3) is 11.8 Å². The van der Waals surface area contributed by atoms with Gasteiger partial charge < -0.3 is 10.6 Å². The van der Waals surface area contributed by atoms with Crippen LogP contribution in [0.25, 0.3) is 0 Å². The van der Waals surface area contributed by atoms with Crippen molar-refractivity contribution < 1.29 is 66.7 Å². The minimum atomic E-state index is -7.23. The quantitative estimate of drug-likeness (QED) is 0.196. The van der Waals surface area contributed by atoms with E-state index in [0.717, 1.165) is 52.9 Å². The van der Waals surface area contributed by atoms with Crippen LogP contribution in [0.2, 0.25) is 0 Å². The standard InChI is InChI=1S/C25H12F13IN2O2/c26-14-5-1-3-11(7-14)19(42)40-15-6-2-4-12(8-15)20(43)41-18-16(22(28,29)30)9-13(10-17(18)39)21(27,24(33,34)35)23(31,32)25(36,37)38/h1-10H,(H,40,42)(H,41,43). The minimum absolute atomic E-state index is 0.134. The molecule has 0 spiro atoms. The van der Waals surface area contributed by atoms with Crippen molar-refractivity contribution in [2.75, 3.05) is 10.6 Å². The van der Waals surface area contributed by atoms with Gasteiger partial charge in [0.2, 0.25) is 0 Å². The molecule has 0 aromatic heterocycles. The normalized spacial score (nSPS) is 14.2.